The van der Waals surface area contributed by atoms with Gasteiger partial charge in [-0.15, -0.1) is 0 Å². The molecule has 0 aliphatic heterocycles. The molecule has 5 heteroatoms. The Morgan fingerprint density at radius 2 is 1.56 bits per heavy atom. The summed E-state index contributed by atoms with van der Waals surface area (Å²) >= 11 is 0. The number of carbonyl (C=O) groups excluding carboxylic acids is 2. The van der Waals surface area contributed by atoms with Gasteiger partial charge in [0.15, 0.2) is 5.78 Å². The quantitative estimate of drug-likeness (QED) is 0.786. The first-order valence-electron chi connectivity index (χ1n) is 8.08. The minimum atomic E-state index is -0.893. The lowest BCUT2D eigenvalue weighted by Gasteiger charge is -2.18. The molecule has 2 rings (SSSR count). The summed E-state index contributed by atoms with van der Waals surface area (Å²) in [4.78, 5) is 37.5. The first-order valence-corrected chi connectivity index (χ1v) is 8.08. The van der Waals surface area contributed by atoms with Gasteiger partial charge in [0.05, 0.1) is 5.56 Å². The second-order valence-electron chi connectivity index (χ2n) is 5.96. The van der Waals surface area contributed by atoms with Crippen molar-refractivity contribution in [2.45, 2.75) is 19.8 Å². The normalized spacial score (nSPS) is 10.3. The average molecular weight is 339 g/mol. The Bertz CT molecular complexity index is 781. The largest absolute Gasteiger partial charge is 0.481 e. The molecule has 0 heterocycles. The van der Waals surface area contributed by atoms with Crippen LogP contribution in [-0.4, -0.2) is 41.3 Å². The summed E-state index contributed by atoms with van der Waals surface area (Å²) in [5, 5.41) is 8.70. The highest BCUT2D eigenvalue weighted by Crippen LogP contribution is 2.17. The van der Waals surface area contributed by atoms with Crippen LogP contribution >= 0.6 is 0 Å². The van der Waals surface area contributed by atoms with E-state index in [-0.39, 0.29) is 18.1 Å². The van der Waals surface area contributed by atoms with E-state index in [1.54, 1.807) is 43.4 Å². The van der Waals surface area contributed by atoms with Crippen LogP contribution in [0.25, 0.3) is 0 Å². The molecular weight excluding hydrogens is 318 g/mol. The van der Waals surface area contributed by atoms with Gasteiger partial charge in [0.25, 0.3) is 5.91 Å². The minimum Gasteiger partial charge on any atom is -0.481 e. The number of benzene rings is 2. The van der Waals surface area contributed by atoms with Crippen molar-refractivity contribution >= 4 is 17.7 Å². The Hall–Kier alpha value is -2.95. The van der Waals surface area contributed by atoms with E-state index in [0.29, 0.717) is 29.7 Å². The van der Waals surface area contributed by atoms with Crippen LogP contribution in [0.2, 0.25) is 0 Å². The van der Waals surface area contributed by atoms with E-state index in [9.17, 15) is 14.4 Å². The second-order valence-corrected chi connectivity index (χ2v) is 5.96. The van der Waals surface area contributed by atoms with Gasteiger partial charge in [0.2, 0.25) is 0 Å². The Morgan fingerprint density at radius 3 is 2.16 bits per heavy atom. The van der Waals surface area contributed by atoms with E-state index in [0.717, 1.165) is 5.56 Å². The summed E-state index contributed by atoms with van der Waals surface area (Å²) in [6, 6.07) is 13.9. The van der Waals surface area contributed by atoms with E-state index in [1.807, 2.05) is 19.1 Å². The molecule has 0 saturated heterocycles. The molecule has 0 aliphatic carbocycles. The Morgan fingerprint density at radius 1 is 0.960 bits per heavy atom. The van der Waals surface area contributed by atoms with E-state index in [1.165, 1.54) is 4.90 Å². The summed E-state index contributed by atoms with van der Waals surface area (Å²) < 4.78 is 0. The fourth-order valence-corrected chi connectivity index (χ4v) is 2.50. The van der Waals surface area contributed by atoms with Crippen LogP contribution in [-0.2, 0) is 4.79 Å². The fraction of sp³-hybridized carbons (Fsp3) is 0.250. The van der Waals surface area contributed by atoms with E-state index in [2.05, 4.69) is 0 Å². The van der Waals surface area contributed by atoms with Crippen LogP contribution < -0.4 is 0 Å². The third-order valence-corrected chi connectivity index (χ3v) is 3.95. The number of amides is 1. The standard InChI is InChI=1S/C20H21NO4/c1-14-9-11-15(12-10-14)19(24)16-6-3-4-7-17(16)20(25)21(2)13-5-8-18(22)23/h3-4,6-7,9-12H,5,8,13H2,1-2H3,(H,22,23). The van der Waals surface area contributed by atoms with Crippen LogP contribution in [0.1, 0.15) is 44.7 Å². The maximum Gasteiger partial charge on any atom is 0.303 e. The molecule has 130 valence electrons. The van der Waals surface area contributed by atoms with Crippen molar-refractivity contribution in [3.05, 3.63) is 70.8 Å². The van der Waals surface area contributed by atoms with Crippen LogP contribution in [0, 0.1) is 6.92 Å². The summed E-state index contributed by atoms with van der Waals surface area (Å²) in [5.41, 5.74) is 2.26. The number of aryl methyl sites for hydroxylation is 1. The van der Waals surface area contributed by atoms with Crippen molar-refractivity contribution in [1.29, 1.82) is 0 Å². The SMILES string of the molecule is Cc1ccc(C(=O)c2ccccc2C(=O)N(C)CCCC(=O)O)cc1. The molecule has 2 aromatic carbocycles. The molecule has 25 heavy (non-hydrogen) atoms. The smallest absolute Gasteiger partial charge is 0.303 e. The molecule has 0 bridgehead atoms. The third kappa shape index (κ3) is 4.76. The maximum absolute atomic E-state index is 12.8. The number of hydrogen-bond acceptors (Lipinski definition) is 3. The van der Waals surface area contributed by atoms with E-state index < -0.39 is 5.97 Å². The van der Waals surface area contributed by atoms with Crippen molar-refractivity contribution < 1.29 is 19.5 Å². The molecule has 1 N–H and O–H groups in total. The lowest BCUT2D eigenvalue weighted by molar-refractivity contribution is -0.137. The summed E-state index contributed by atoms with van der Waals surface area (Å²) in [5.74, 6) is -1.39. The Labute approximate surface area is 146 Å². The van der Waals surface area contributed by atoms with Gasteiger partial charge in [-0.25, -0.2) is 0 Å². The number of ketones is 1. The van der Waals surface area contributed by atoms with Crippen LogP contribution in [0.3, 0.4) is 0 Å². The highest BCUT2D eigenvalue weighted by Gasteiger charge is 2.20. The zero-order valence-electron chi connectivity index (χ0n) is 14.4. The monoisotopic (exact) mass is 339 g/mol. The third-order valence-electron chi connectivity index (χ3n) is 3.95. The van der Waals surface area contributed by atoms with Crippen LogP contribution in [0.15, 0.2) is 48.5 Å². The lowest BCUT2D eigenvalue weighted by Crippen LogP contribution is -2.29. The van der Waals surface area contributed by atoms with Gasteiger partial charge in [-0.05, 0) is 19.4 Å². The number of nitrogens with zero attached hydrogens (tertiary/aromatic N) is 1. The molecule has 0 atom stereocenters. The molecule has 2 aromatic rings. The molecular formula is C20H21NO4. The fourth-order valence-electron chi connectivity index (χ4n) is 2.50. The summed E-state index contributed by atoms with van der Waals surface area (Å²) in [6.07, 6.45) is 0.368. The van der Waals surface area contributed by atoms with Gasteiger partial charge < -0.3 is 10.0 Å². The van der Waals surface area contributed by atoms with Crippen molar-refractivity contribution in [1.82, 2.24) is 4.90 Å². The molecule has 0 spiro atoms. The molecule has 0 unspecified atom stereocenters. The number of carboxylic acid groups (broad SMARTS) is 1. The Kier molecular flexibility index (Phi) is 6.06. The molecule has 0 aliphatic rings. The molecule has 1 amide bonds. The zero-order chi connectivity index (χ0) is 18.4. The van der Waals surface area contributed by atoms with Crippen LogP contribution in [0.5, 0.6) is 0 Å². The van der Waals surface area contributed by atoms with E-state index >= 15 is 0 Å². The van der Waals surface area contributed by atoms with Crippen molar-refractivity contribution in [2.24, 2.45) is 0 Å². The summed E-state index contributed by atoms with van der Waals surface area (Å²) in [7, 11) is 1.61. The van der Waals surface area contributed by atoms with Gasteiger partial charge in [-0.3, -0.25) is 14.4 Å². The van der Waals surface area contributed by atoms with E-state index in [4.69, 9.17) is 5.11 Å². The predicted octanol–water partition coefficient (Wildman–Crippen LogP) is 3.16. The summed E-state index contributed by atoms with van der Waals surface area (Å²) in [6.45, 7) is 2.26. The number of carbonyl (C=O) groups is 3. The second kappa shape index (κ2) is 8.24. The number of rotatable bonds is 7. The number of hydrogen-bond donors (Lipinski definition) is 1. The van der Waals surface area contributed by atoms with Crippen molar-refractivity contribution in [2.75, 3.05) is 13.6 Å². The van der Waals surface area contributed by atoms with Gasteiger partial charge in [0, 0.05) is 31.1 Å². The average Bonchev–Trinajstić information content (AvgIpc) is 2.60. The first-order chi connectivity index (χ1) is 11.9. The first kappa shape index (κ1) is 18.4. The Balaban J connectivity index is 2.22. The minimum absolute atomic E-state index is 0.00155. The van der Waals surface area contributed by atoms with Crippen LogP contribution in [0.4, 0.5) is 0 Å². The van der Waals surface area contributed by atoms with Gasteiger partial charge in [0.1, 0.15) is 0 Å². The molecule has 5 nitrogen and oxygen atoms in total. The highest BCUT2D eigenvalue weighted by molar-refractivity contribution is 6.15. The van der Waals surface area contributed by atoms with Gasteiger partial charge in [-0.2, -0.15) is 0 Å². The van der Waals surface area contributed by atoms with Gasteiger partial charge in [-0.1, -0.05) is 48.0 Å². The maximum atomic E-state index is 12.8. The number of carboxylic acids is 1. The van der Waals surface area contributed by atoms with Crippen molar-refractivity contribution in [3.8, 4) is 0 Å². The predicted molar refractivity (Wildman–Crippen MR) is 94.9 cm³/mol. The lowest BCUT2D eigenvalue weighted by atomic mass is 9.97. The highest BCUT2D eigenvalue weighted by atomic mass is 16.4. The van der Waals surface area contributed by atoms with Gasteiger partial charge >= 0.3 is 5.97 Å². The molecule has 0 radical (unpaired) electrons. The zero-order valence-corrected chi connectivity index (χ0v) is 14.4. The molecule has 0 aromatic heterocycles. The number of aliphatic carboxylic acids is 1. The molecule has 0 saturated carbocycles. The topological polar surface area (TPSA) is 74.7 Å². The van der Waals surface area contributed by atoms with Crippen molar-refractivity contribution in [3.63, 3.8) is 0 Å². The molecule has 0 fully saturated rings.